The number of unbranched alkanes of at least 4 members (excludes halogenated alkanes) is 45. The second-order valence-electron chi connectivity index (χ2n) is 20.3. The van der Waals surface area contributed by atoms with E-state index in [1.165, 1.54) is 327 Å². The first-order valence-corrected chi connectivity index (χ1v) is 29.0. The highest BCUT2D eigenvalue weighted by Crippen LogP contribution is 2.25. The van der Waals surface area contributed by atoms with Gasteiger partial charge in [0.05, 0.1) is 0 Å². The zero-order chi connectivity index (χ0) is 42.9. The molecule has 0 aromatic heterocycles. The van der Waals surface area contributed by atoms with Gasteiger partial charge in [-0.25, -0.2) is 0 Å². The molecular weight excluding hydrogens is 721 g/mol. The molecule has 2 heteroatoms. The topological polar surface area (TPSA) is 3.24 Å². The fourth-order valence-corrected chi connectivity index (χ4v) is 10.1. The van der Waals surface area contributed by atoms with Crippen LogP contribution in [-0.2, 0) is 0 Å². The molecule has 0 aromatic rings. The van der Waals surface area contributed by atoms with Crippen molar-refractivity contribution in [2.45, 2.75) is 342 Å². The van der Waals surface area contributed by atoms with Gasteiger partial charge >= 0.3 is 0 Å². The van der Waals surface area contributed by atoms with Crippen molar-refractivity contribution in [2.24, 2.45) is 0 Å². The summed E-state index contributed by atoms with van der Waals surface area (Å²) in [5, 5.41) is 0. The van der Waals surface area contributed by atoms with Crippen LogP contribution in [0.5, 0.6) is 0 Å². The van der Waals surface area contributed by atoms with Crippen molar-refractivity contribution in [1.82, 2.24) is 4.81 Å². The Morgan fingerprint density at radius 3 is 0.850 bits per heavy atom. The largest absolute Gasteiger partial charge is 0.414 e. The molecular formula is C58H114BN. The van der Waals surface area contributed by atoms with E-state index in [1.54, 1.807) is 5.70 Å². The SMILES string of the molecule is CCCCCCCCCCCCCCCCCCB1C=CC=C(CCCCCCCCCCCCCCCCCC)N1CCCCCCCCCCCCCCCCCC. The van der Waals surface area contributed by atoms with Gasteiger partial charge in [-0.05, 0) is 31.7 Å². The minimum absolute atomic E-state index is 0.647. The van der Waals surface area contributed by atoms with Crippen LogP contribution >= 0.6 is 0 Å². The van der Waals surface area contributed by atoms with Crippen LogP contribution in [0.4, 0.5) is 0 Å². The average Bonchev–Trinajstić information content (AvgIpc) is 3.26. The van der Waals surface area contributed by atoms with Crippen molar-refractivity contribution in [3.63, 3.8) is 0 Å². The molecule has 0 radical (unpaired) electrons. The number of allylic oxidation sites excluding steroid dienone is 3. The molecule has 0 amide bonds. The van der Waals surface area contributed by atoms with Gasteiger partial charge in [-0.3, -0.25) is 0 Å². The Balaban J connectivity index is 2.25. The Bertz CT molecular complexity index is 863. The van der Waals surface area contributed by atoms with Crippen molar-refractivity contribution in [3.05, 3.63) is 23.8 Å². The maximum Gasteiger partial charge on any atom is 0.280 e. The summed E-state index contributed by atoms with van der Waals surface area (Å²) in [7, 11) is 0. The maximum absolute atomic E-state index is 2.89. The molecule has 0 aliphatic carbocycles. The molecule has 0 unspecified atom stereocenters. The fraction of sp³-hybridized carbons (Fsp3) is 0.931. The van der Waals surface area contributed by atoms with E-state index < -0.39 is 0 Å². The Morgan fingerprint density at radius 1 is 0.300 bits per heavy atom. The normalized spacial score (nSPS) is 12.9. The lowest BCUT2D eigenvalue weighted by Gasteiger charge is -2.35. The third-order valence-corrected chi connectivity index (χ3v) is 14.3. The van der Waals surface area contributed by atoms with Gasteiger partial charge in [-0.15, -0.1) is 0 Å². The summed E-state index contributed by atoms with van der Waals surface area (Å²) in [5.74, 6) is 2.56. The van der Waals surface area contributed by atoms with Crippen LogP contribution < -0.4 is 0 Å². The lowest BCUT2D eigenvalue weighted by atomic mass is 9.54. The van der Waals surface area contributed by atoms with Gasteiger partial charge in [0.2, 0.25) is 0 Å². The zero-order valence-corrected chi connectivity index (χ0v) is 42.3. The molecule has 0 atom stereocenters. The predicted molar refractivity (Wildman–Crippen MR) is 278 cm³/mol. The quantitative estimate of drug-likeness (QED) is 0.0436. The summed E-state index contributed by atoms with van der Waals surface area (Å²) >= 11 is 0. The monoisotopic (exact) mass is 836 g/mol. The summed E-state index contributed by atoms with van der Waals surface area (Å²) in [6, 6.07) is 0. The van der Waals surface area contributed by atoms with E-state index in [1.807, 2.05) is 0 Å². The van der Waals surface area contributed by atoms with Crippen LogP contribution in [0.2, 0.25) is 6.32 Å². The van der Waals surface area contributed by atoms with E-state index in [2.05, 4.69) is 43.7 Å². The lowest BCUT2D eigenvalue weighted by molar-refractivity contribution is 0.453. The molecule has 60 heavy (non-hydrogen) atoms. The van der Waals surface area contributed by atoms with Crippen molar-refractivity contribution in [1.29, 1.82) is 0 Å². The summed E-state index contributed by atoms with van der Waals surface area (Å²) in [6.45, 7) is 8.89. The number of hydrogen-bond donors (Lipinski definition) is 0. The van der Waals surface area contributed by atoms with Crippen molar-refractivity contribution in [2.75, 3.05) is 6.54 Å². The van der Waals surface area contributed by atoms with Gasteiger partial charge in [-0.2, -0.15) is 0 Å². The summed E-state index contributed by atoms with van der Waals surface area (Å²) in [4.78, 5) is 2.89. The molecule has 1 heterocycles. The Labute approximate surface area is 382 Å². The first kappa shape index (κ1) is 57.4. The molecule has 354 valence electrons. The first-order chi connectivity index (χ1) is 29.8. The van der Waals surface area contributed by atoms with E-state index in [0.717, 1.165) is 0 Å². The van der Waals surface area contributed by atoms with Gasteiger partial charge < -0.3 is 4.81 Å². The Kier molecular flexibility index (Phi) is 47.2. The summed E-state index contributed by atoms with van der Waals surface area (Å²) in [6.07, 6.45) is 77.5. The van der Waals surface area contributed by atoms with Crippen LogP contribution in [0.3, 0.4) is 0 Å². The first-order valence-electron chi connectivity index (χ1n) is 29.0. The molecule has 0 N–H and O–H groups in total. The van der Waals surface area contributed by atoms with Crippen LogP contribution in [0.1, 0.15) is 335 Å². The van der Waals surface area contributed by atoms with Gasteiger partial charge in [0.25, 0.3) is 6.85 Å². The predicted octanol–water partition coefficient (Wildman–Crippen LogP) is 21.4. The highest BCUT2D eigenvalue weighted by Gasteiger charge is 2.24. The van der Waals surface area contributed by atoms with Gasteiger partial charge in [0.15, 0.2) is 0 Å². The molecule has 0 bridgehead atoms. The van der Waals surface area contributed by atoms with Crippen molar-refractivity contribution >= 4 is 6.85 Å². The minimum Gasteiger partial charge on any atom is -0.414 e. The number of rotatable bonds is 51. The van der Waals surface area contributed by atoms with Crippen molar-refractivity contribution < 1.29 is 0 Å². The van der Waals surface area contributed by atoms with Crippen LogP contribution in [0.15, 0.2) is 23.8 Å². The smallest absolute Gasteiger partial charge is 0.280 e. The van der Waals surface area contributed by atoms with E-state index in [0.29, 0.717) is 6.85 Å². The van der Waals surface area contributed by atoms with E-state index in [4.69, 9.17) is 0 Å². The molecule has 0 aromatic carbocycles. The molecule has 0 saturated carbocycles. The fourth-order valence-electron chi connectivity index (χ4n) is 10.1. The summed E-state index contributed by atoms with van der Waals surface area (Å²) < 4.78 is 0. The third kappa shape index (κ3) is 40.1. The van der Waals surface area contributed by atoms with Gasteiger partial charge in [0.1, 0.15) is 0 Å². The Morgan fingerprint density at radius 2 is 0.550 bits per heavy atom. The van der Waals surface area contributed by atoms with Crippen molar-refractivity contribution in [3.8, 4) is 0 Å². The highest BCUT2D eigenvalue weighted by atomic mass is 15.1. The van der Waals surface area contributed by atoms with Gasteiger partial charge in [0, 0.05) is 12.2 Å². The highest BCUT2D eigenvalue weighted by molar-refractivity contribution is 6.62. The second-order valence-corrected chi connectivity index (χ2v) is 20.3. The van der Waals surface area contributed by atoms with Crippen LogP contribution in [-0.4, -0.2) is 18.2 Å². The standard InChI is InChI=1S/C58H114BN/c1-4-7-10-13-16-19-22-25-28-31-34-37-40-43-46-49-53-58-54-52-56-59(55-50-47-44-41-38-35-32-29-26-23-20-17-14-11-8-5-2)60(58)57-51-48-45-42-39-36-33-30-27-24-21-18-15-12-9-6-3/h52,54,56H,4-51,53,55,57H2,1-3H3. The molecule has 1 aliphatic rings. The molecule has 1 nitrogen and oxygen atoms in total. The van der Waals surface area contributed by atoms with Crippen LogP contribution in [0.25, 0.3) is 0 Å². The van der Waals surface area contributed by atoms with Crippen LogP contribution in [0, 0.1) is 0 Å². The molecule has 0 spiro atoms. The van der Waals surface area contributed by atoms with Gasteiger partial charge in [-0.1, -0.05) is 328 Å². The number of nitrogens with zero attached hydrogens (tertiary/aromatic N) is 1. The average molecular weight is 836 g/mol. The molecule has 0 fully saturated rings. The molecule has 1 aliphatic heterocycles. The Hall–Kier alpha value is -0.655. The molecule has 1 rings (SSSR count). The van der Waals surface area contributed by atoms with E-state index in [-0.39, 0.29) is 0 Å². The summed E-state index contributed by atoms with van der Waals surface area (Å²) in [5.41, 5.74) is 1.67. The molecule has 0 saturated heterocycles. The number of hydrogen-bond acceptors (Lipinski definition) is 1. The van der Waals surface area contributed by atoms with E-state index in [9.17, 15) is 0 Å². The maximum atomic E-state index is 2.89. The second kappa shape index (κ2) is 49.4. The third-order valence-electron chi connectivity index (χ3n) is 14.3. The van der Waals surface area contributed by atoms with E-state index >= 15 is 0 Å². The minimum atomic E-state index is 0.647. The zero-order valence-electron chi connectivity index (χ0n) is 42.3. The lowest BCUT2D eigenvalue weighted by Crippen LogP contribution is -2.39.